The van der Waals surface area contributed by atoms with Gasteiger partial charge in [-0.05, 0) is 55.7 Å². The molecule has 3 N–H and O–H groups in total. The number of benzene rings is 1. The van der Waals surface area contributed by atoms with Crippen LogP contribution >= 0.6 is 11.6 Å². The number of pyridine rings is 1. The number of nitrogens with one attached hydrogen (secondary N) is 1. The zero-order valence-electron chi connectivity index (χ0n) is 11.8. The van der Waals surface area contributed by atoms with Crippen LogP contribution in [-0.2, 0) is 0 Å². The predicted molar refractivity (Wildman–Crippen MR) is 85.1 cm³/mol. The molecule has 1 aromatic heterocycles. The van der Waals surface area contributed by atoms with E-state index in [1.807, 2.05) is 12.1 Å². The molecule has 2 aromatic rings. The number of fused-ring (bicyclic) bond motifs is 1. The summed E-state index contributed by atoms with van der Waals surface area (Å²) in [6, 6.07) is 5.65. The van der Waals surface area contributed by atoms with Gasteiger partial charge in [-0.1, -0.05) is 11.6 Å². The molecule has 21 heavy (non-hydrogen) atoms. The van der Waals surface area contributed by atoms with Crippen LogP contribution in [0.2, 0.25) is 5.02 Å². The maximum absolute atomic E-state index is 11.7. The van der Waals surface area contributed by atoms with Crippen LogP contribution in [0.25, 0.3) is 10.8 Å². The zero-order chi connectivity index (χ0) is 14.8. The summed E-state index contributed by atoms with van der Waals surface area (Å²) in [6.07, 6.45) is 6.85. The molecule has 0 aliphatic heterocycles. The quantitative estimate of drug-likeness (QED) is 0.837. The molecule has 0 saturated heterocycles. The Kier molecular flexibility index (Phi) is 4.17. The lowest BCUT2D eigenvalue weighted by Crippen LogP contribution is -2.20. The summed E-state index contributed by atoms with van der Waals surface area (Å²) in [4.78, 5) is 14.4. The molecule has 0 amide bonds. The second-order valence-electron chi connectivity index (χ2n) is 5.68. The van der Waals surface area contributed by atoms with Gasteiger partial charge in [0.25, 0.3) is 5.56 Å². The molecule has 112 valence electrons. The minimum Gasteiger partial charge on any atom is -0.489 e. The molecule has 4 nitrogen and oxygen atoms in total. The summed E-state index contributed by atoms with van der Waals surface area (Å²) >= 11 is 6.26. The van der Waals surface area contributed by atoms with E-state index in [2.05, 4.69) is 4.98 Å². The van der Waals surface area contributed by atoms with Crippen LogP contribution < -0.4 is 16.0 Å². The maximum Gasteiger partial charge on any atom is 0.255 e. The average Bonchev–Trinajstić information content (AvgIpc) is 2.66. The molecule has 1 aliphatic rings. The summed E-state index contributed by atoms with van der Waals surface area (Å²) in [5.74, 6) is 0.648. The minimum atomic E-state index is -0.138. The number of halogens is 1. The van der Waals surface area contributed by atoms with Crippen molar-refractivity contribution in [1.29, 1.82) is 0 Å². The van der Waals surface area contributed by atoms with Gasteiger partial charge in [0.05, 0.1) is 11.1 Å². The molecule has 3 rings (SSSR count). The van der Waals surface area contributed by atoms with E-state index in [1.165, 1.54) is 0 Å². The van der Waals surface area contributed by atoms with E-state index in [0.717, 1.165) is 37.5 Å². The van der Waals surface area contributed by atoms with Gasteiger partial charge in [-0.15, -0.1) is 0 Å². The van der Waals surface area contributed by atoms with Crippen LogP contribution in [0.4, 0.5) is 0 Å². The van der Waals surface area contributed by atoms with E-state index in [0.29, 0.717) is 16.2 Å². The molecular formula is C16H19ClN2O2. The van der Waals surface area contributed by atoms with Crippen LogP contribution in [0.15, 0.2) is 29.2 Å². The van der Waals surface area contributed by atoms with Crippen LogP contribution in [0.5, 0.6) is 5.75 Å². The highest BCUT2D eigenvalue weighted by atomic mass is 35.5. The van der Waals surface area contributed by atoms with Crippen molar-refractivity contribution < 1.29 is 4.74 Å². The molecule has 0 spiro atoms. The number of nitrogens with two attached hydrogens (primary N) is 1. The monoisotopic (exact) mass is 306 g/mol. The molecule has 2 atom stereocenters. The predicted octanol–water partition coefficient (Wildman–Crippen LogP) is 3.22. The van der Waals surface area contributed by atoms with Gasteiger partial charge in [0.2, 0.25) is 0 Å². The van der Waals surface area contributed by atoms with Crippen molar-refractivity contribution in [3.63, 3.8) is 0 Å². The first-order valence-corrected chi connectivity index (χ1v) is 7.74. The number of hydrogen-bond acceptors (Lipinski definition) is 3. The van der Waals surface area contributed by atoms with Crippen molar-refractivity contribution >= 4 is 22.4 Å². The third-order valence-corrected chi connectivity index (χ3v) is 4.38. The third kappa shape index (κ3) is 3.22. The summed E-state index contributed by atoms with van der Waals surface area (Å²) < 4.78 is 6.06. The van der Waals surface area contributed by atoms with E-state index in [9.17, 15) is 4.79 Å². The maximum atomic E-state index is 11.7. The smallest absolute Gasteiger partial charge is 0.255 e. The summed E-state index contributed by atoms with van der Waals surface area (Å²) in [5, 5.41) is 1.90. The minimum absolute atomic E-state index is 0.138. The van der Waals surface area contributed by atoms with Gasteiger partial charge in [-0.25, -0.2) is 0 Å². The Morgan fingerprint density at radius 2 is 2.10 bits per heavy atom. The molecule has 5 heteroatoms. The molecular weight excluding hydrogens is 288 g/mol. The van der Waals surface area contributed by atoms with E-state index < -0.39 is 0 Å². The Labute approximate surface area is 128 Å². The normalized spacial score (nSPS) is 23.0. The van der Waals surface area contributed by atoms with Crippen molar-refractivity contribution in [2.45, 2.75) is 44.2 Å². The Bertz CT molecular complexity index is 698. The SMILES string of the molecule is N[C@@H]1CCC[C@H](Oc2cc3cc[nH]c(=O)c3cc2Cl)CC1. The largest absolute Gasteiger partial charge is 0.489 e. The zero-order valence-corrected chi connectivity index (χ0v) is 12.5. The summed E-state index contributed by atoms with van der Waals surface area (Å²) in [5.41, 5.74) is 5.85. The first-order chi connectivity index (χ1) is 10.1. The van der Waals surface area contributed by atoms with Crippen molar-refractivity contribution in [3.8, 4) is 5.75 Å². The van der Waals surface area contributed by atoms with Crippen LogP contribution in [0.1, 0.15) is 32.1 Å². The standard InChI is InChI=1S/C16H19ClN2O2/c17-14-9-13-10(6-7-19-16(13)20)8-15(14)21-12-3-1-2-11(18)4-5-12/h6-9,11-12H,1-5,18H2,(H,19,20)/t11-,12+/m1/s1. The fraction of sp³-hybridized carbons (Fsp3) is 0.438. The lowest BCUT2D eigenvalue weighted by atomic mass is 10.1. The number of hydrogen-bond donors (Lipinski definition) is 2. The van der Waals surface area contributed by atoms with Gasteiger partial charge in [-0.3, -0.25) is 4.79 Å². The van der Waals surface area contributed by atoms with Crippen LogP contribution in [0.3, 0.4) is 0 Å². The fourth-order valence-corrected chi connectivity index (χ4v) is 3.08. The van der Waals surface area contributed by atoms with Gasteiger partial charge in [0.1, 0.15) is 5.75 Å². The number of H-pyrrole nitrogens is 1. The number of aromatic nitrogens is 1. The Hall–Kier alpha value is -1.52. The number of aromatic amines is 1. The van der Waals surface area contributed by atoms with Crippen molar-refractivity contribution in [1.82, 2.24) is 4.98 Å². The number of rotatable bonds is 2. The second kappa shape index (κ2) is 6.08. The van der Waals surface area contributed by atoms with E-state index in [4.69, 9.17) is 22.1 Å². The third-order valence-electron chi connectivity index (χ3n) is 4.08. The van der Waals surface area contributed by atoms with Gasteiger partial charge in [-0.2, -0.15) is 0 Å². The molecule has 0 bridgehead atoms. The van der Waals surface area contributed by atoms with Gasteiger partial charge < -0.3 is 15.5 Å². The summed E-state index contributed by atoms with van der Waals surface area (Å²) in [7, 11) is 0. The molecule has 0 radical (unpaired) electrons. The van der Waals surface area contributed by atoms with Crippen LogP contribution in [-0.4, -0.2) is 17.1 Å². The highest BCUT2D eigenvalue weighted by molar-refractivity contribution is 6.32. The van der Waals surface area contributed by atoms with Crippen molar-refractivity contribution in [2.24, 2.45) is 5.73 Å². The molecule has 1 aromatic carbocycles. The Balaban J connectivity index is 1.86. The van der Waals surface area contributed by atoms with Gasteiger partial charge in [0.15, 0.2) is 0 Å². The summed E-state index contributed by atoms with van der Waals surface area (Å²) in [6.45, 7) is 0. The number of ether oxygens (including phenoxy) is 1. The topological polar surface area (TPSA) is 68.1 Å². The molecule has 1 saturated carbocycles. The lowest BCUT2D eigenvalue weighted by Gasteiger charge is -2.18. The highest BCUT2D eigenvalue weighted by Gasteiger charge is 2.19. The average molecular weight is 307 g/mol. The van der Waals surface area contributed by atoms with Gasteiger partial charge in [0, 0.05) is 17.6 Å². The lowest BCUT2D eigenvalue weighted by molar-refractivity contribution is 0.183. The van der Waals surface area contributed by atoms with E-state index in [-0.39, 0.29) is 17.7 Å². The first kappa shape index (κ1) is 14.4. The van der Waals surface area contributed by atoms with E-state index in [1.54, 1.807) is 12.3 Å². The van der Waals surface area contributed by atoms with E-state index >= 15 is 0 Å². The van der Waals surface area contributed by atoms with Crippen molar-refractivity contribution in [2.75, 3.05) is 0 Å². The molecule has 1 heterocycles. The van der Waals surface area contributed by atoms with Crippen LogP contribution in [0, 0.1) is 0 Å². The molecule has 0 unspecified atom stereocenters. The molecule has 1 fully saturated rings. The molecule has 1 aliphatic carbocycles. The highest BCUT2D eigenvalue weighted by Crippen LogP contribution is 2.31. The second-order valence-corrected chi connectivity index (χ2v) is 6.09. The van der Waals surface area contributed by atoms with Gasteiger partial charge >= 0.3 is 0 Å². The fourth-order valence-electron chi connectivity index (χ4n) is 2.87. The first-order valence-electron chi connectivity index (χ1n) is 7.36. The Morgan fingerprint density at radius 1 is 1.24 bits per heavy atom. The van der Waals surface area contributed by atoms with Crippen molar-refractivity contribution in [3.05, 3.63) is 39.8 Å². The Morgan fingerprint density at radius 3 is 2.95 bits per heavy atom.